The lowest BCUT2D eigenvalue weighted by Gasteiger charge is -2.40. The Bertz CT molecular complexity index is 394. The second-order valence-corrected chi connectivity index (χ2v) is 5.61. The van der Waals surface area contributed by atoms with Crippen molar-refractivity contribution in [2.45, 2.75) is 38.4 Å². The van der Waals surface area contributed by atoms with Crippen molar-refractivity contribution in [1.29, 1.82) is 0 Å². The van der Waals surface area contributed by atoms with E-state index in [-0.39, 0.29) is 0 Å². The van der Waals surface area contributed by atoms with E-state index >= 15 is 0 Å². The van der Waals surface area contributed by atoms with E-state index in [9.17, 15) is 0 Å². The highest BCUT2D eigenvalue weighted by molar-refractivity contribution is 6.28. The fourth-order valence-electron chi connectivity index (χ4n) is 3.23. The summed E-state index contributed by atoms with van der Waals surface area (Å²) in [5.41, 5.74) is 1.17. The maximum absolute atomic E-state index is 5.72. The zero-order valence-corrected chi connectivity index (χ0v) is 11.5. The molecule has 1 aromatic heterocycles. The Morgan fingerprint density at radius 3 is 2.39 bits per heavy atom. The largest absolute Gasteiger partial charge is 0.301 e. The van der Waals surface area contributed by atoms with Crippen molar-refractivity contribution >= 4 is 11.6 Å². The summed E-state index contributed by atoms with van der Waals surface area (Å²) in [6, 6.07) is 1.42. The van der Waals surface area contributed by atoms with Crippen LogP contribution in [0.1, 0.15) is 25.3 Å². The first-order valence-corrected chi connectivity index (χ1v) is 7.08. The van der Waals surface area contributed by atoms with Crippen LogP contribution in [0.2, 0.25) is 5.28 Å². The number of rotatable bonds is 3. The summed E-state index contributed by atoms with van der Waals surface area (Å²) < 4.78 is 0. The molecule has 4 nitrogen and oxygen atoms in total. The van der Waals surface area contributed by atoms with E-state index in [1.165, 1.54) is 38.0 Å². The summed E-state index contributed by atoms with van der Waals surface area (Å²) in [7, 11) is 0. The first kappa shape index (κ1) is 12.3. The van der Waals surface area contributed by atoms with Crippen molar-refractivity contribution < 1.29 is 0 Å². The molecule has 2 atom stereocenters. The van der Waals surface area contributed by atoms with Crippen LogP contribution in [0.15, 0.2) is 12.4 Å². The van der Waals surface area contributed by atoms with Crippen LogP contribution in [-0.4, -0.2) is 51.5 Å². The second-order valence-electron chi connectivity index (χ2n) is 5.27. The summed E-state index contributed by atoms with van der Waals surface area (Å²) in [5, 5.41) is 0.331. The van der Waals surface area contributed by atoms with Gasteiger partial charge in [-0.25, -0.2) is 9.97 Å². The predicted molar refractivity (Wildman–Crippen MR) is 71.5 cm³/mol. The Balaban J connectivity index is 1.69. The maximum Gasteiger partial charge on any atom is 0.222 e. The quantitative estimate of drug-likeness (QED) is 0.781. The van der Waals surface area contributed by atoms with Gasteiger partial charge < -0.3 is 4.90 Å². The van der Waals surface area contributed by atoms with Crippen LogP contribution in [-0.2, 0) is 6.54 Å². The van der Waals surface area contributed by atoms with Crippen molar-refractivity contribution in [3.05, 3.63) is 23.2 Å². The SMILES string of the molecule is CCN1CC2CCC(C1)N2Cc1cnc(Cl)nc1. The first-order chi connectivity index (χ1) is 8.76. The minimum Gasteiger partial charge on any atom is -0.301 e. The van der Waals surface area contributed by atoms with Crippen LogP contribution in [0.25, 0.3) is 0 Å². The molecule has 1 aromatic rings. The van der Waals surface area contributed by atoms with E-state index in [4.69, 9.17) is 11.6 Å². The highest BCUT2D eigenvalue weighted by atomic mass is 35.5. The molecule has 2 saturated heterocycles. The number of hydrogen-bond acceptors (Lipinski definition) is 4. The van der Waals surface area contributed by atoms with Gasteiger partial charge in [0.05, 0.1) is 0 Å². The highest BCUT2D eigenvalue weighted by Gasteiger charge is 2.39. The van der Waals surface area contributed by atoms with E-state index < -0.39 is 0 Å². The molecule has 18 heavy (non-hydrogen) atoms. The fraction of sp³-hybridized carbons (Fsp3) is 0.692. The van der Waals surface area contributed by atoms with E-state index in [0.717, 1.165) is 6.54 Å². The summed E-state index contributed by atoms with van der Waals surface area (Å²) in [6.07, 6.45) is 6.35. The molecule has 2 aliphatic rings. The van der Waals surface area contributed by atoms with Crippen molar-refractivity contribution in [2.75, 3.05) is 19.6 Å². The summed E-state index contributed by atoms with van der Waals surface area (Å²) >= 11 is 5.72. The van der Waals surface area contributed by atoms with Crippen LogP contribution in [0.4, 0.5) is 0 Å². The number of aromatic nitrogens is 2. The van der Waals surface area contributed by atoms with Crippen molar-refractivity contribution in [3.63, 3.8) is 0 Å². The topological polar surface area (TPSA) is 32.3 Å². The molecule has 3 heterocycles. The summed E-state index contributed by atoms with van der Waals surface area (Å²) in [5.74, 6) is 0. The molecule has 0 radical (unpaired) electrons. The smallest absolute Gasteiger partial charge is 0.222 e. The fourth-order valence-corrected chi connectivity index (χ4v) is 3.32. The molecule has 0 amide bonds. The molecular formula is C13H19ClN4. The molecule has 2 bridgehead atoms. The van der Waals surface area contributed by atoms with Crippen molar-refractivity contribution in [2.24, 2.45) is 0 Å². The Morgan fingerprint density at radius 2 is 1.83 bits per heavy atom. The van der Waals surface area contributed by atoms with Crippen molar-refractivity contribution in [3.8, 4) is 0 Å². The molecule has 0 N–H and O–H groups in total. The number of fused-ring (bicyclic) bond motifs is 2. The van der Waals surface area contributed by atoms with Gasteiger partial charge in [-0.3, -0.25) is 4.90 Å². The molecule has 5 heteroatoms. The van der Waals surface area contributed by atoms with Gasteiger partial charge in [-0.15, -0.1) is 0 Å². The lowest BCUT2D eigenvalue weighted by Crippen LogP contribution is -2.52. The van der Waals surface area contributed by atoms with Crippen LogP contribution in [0.3, 0.4) is 0 Å². The zero-order chi connectivity index (χ0) is 12.5. The molecule has 2 unspecified atom stereocenters. The minimum absolute atomic E-state index is 0.331. The third kappa shape index (κ3) is 2.37. The number of nitrogens with zero attached hydrogens (tertiary/aromatic N) is 4. The summed E-state index contributed by atoms with van der Waals surface area (Å²) in [4.78, 5) is 13.3. The summed E-state index contributed by atoms with van der Waals surface area (Å²) in [6.45, 7) is 6.81. The Labute approximate surface area is 113 Å². The number of likely N-dealkylation sites (N-methyl/N-ethyl adjacent to an activating group) is 1. The lowest BCUT2D eigenvalue weighted by molar-refractivity contribution is 0.0640. The third-order valence-electron chi connectivity index (χ3n) is 4.20. The van der Waals surface area contributed by atoms with Gasteiger partial charge in [0, 0.05) is 49.7 Å². The molecule has 0 aromatic carbocycles. The Hall–Kier alpha value is -0.710. The van der Waals surface area contributed by atoms with Crippen LogP contribution in [0.5, 0.6) is 0 Å². The average Bonchev–Trinajstić information content (AvgIpc) is 2.63. The molecule has 3 rings (SSSR count). The molecule has 0 aliphatic carbocycles. The van der Waals surface area contributed by atoms with Gasteiger partial charge in [-0.1, -0.05) is 6.92 Å². The normalized spacial score (nSPS) is 28.8. The van der Waals surface area contributed by atoms with Gasteiger partial charge >= 0.3 is 0 Å². The van der Waals surface area contributed by atoms with Crippen LogP contribution in [0, 0.1) is 0 Å². The average molecular weight is 267 g/mol. The van der Waals surface area contributed by atoms with Gasteiger partial charge in [-0.2, -0.15) is 0 Å². The molecule has 0 spiro atoms. The number of hydrogen-bond donors (Lipinski definition) is 0. The van der Waals surface area contributed by atoms with E-state index in [2.05, 4.69) is 26.7 Å². The third-order valence-corrected chi connectivity index (χ3v) is 4.39. The standard InChI is InChI=1S/C13H19ClN4/c1-2-17-8-11-3-4-12(9-17)18(11)7-10-5-15-13(14)16-6-10/h5-6,11-12H,2-4,7-9H2,1H3. The number of halogens is 1. The highest BCUT2D eigenvalue weighted by Crippen LogP contribution is 2.31. The first-order valence-electron chi connectivity index (χ1n) is 6.70. The molecule has 2 aliphatic heterocycles. The number of likely N-dealkylation sites (tertiary alicyclic amines) is 1. The van der Waals surface area contributed by atoms with Gasteiger partial charge in [0.1, 0.15) is 0 Å². The monoisotopic (exact) mass is 266 g/mol. The van der Waals surface area contributed by atoms with E-state index in [1.54, 1.807) is 0 Å². The second kappa shape index (κ2) is 5.11. The Kier molecular flexibility index (Phi) is 3.50. The predicted octanol–water partition coefficient (Wildman–Crippen LogP) is 1.80. The van der Waals surface area contributed by atoms with Crippen LogP contribution < -0.4 is 0 Å². The van der Waals surface area contributed by atoms with Gasteiger partial charge in [0.25, 0.3) is 0 Å². The number of piperazine rings is 1. The van der Waals surface area contributed by atoms with Crippen LogP contribution >= 0.6 is 11.6 Å². The molecule has 2 fully saturated rings. The lowest BCUT2D eigenvalue weighted by atomic mass is 10.1. The van der Waals surface area contributed by atoms with Gasteiger partial charge in [0.15, 0.2) is 0 Å². The van der Waals surface area contributed by atoms with Crippen molar-refractivity contribution in [1.82, 2.24) is 19.8 Å². The zero-order valence-electron chi connectivity index (χ0n) is 10.7. The molecule has 0 saturated carbocycles. The molecule has 98 valence electrons. The molecular weight excluding hydrogens is 248 g/mol. The van der Waals surface area contributed by atoms with Gasteiger partial charge in [0.2, 0.25) is 5.28 Å². The van der Waals surface area contributed by atoms with E-state index in [1.807, 2.05) is 12.4 Å². The minimum atomic E-state index is 0.331. The van der Waals surface area contributed by atoms with Gasteiger partial charge in [-0.05, 0) is 31.0 Å². The maximum atomic E-state index is 5.72. The van der Waals surface area contributed by atoms with E-state index in [0.29, 0.717) is 17.4 Å². The Morgan fingerprint density at radius 1 is 1.22 bits per heavy atom.